The second kappa shape index (κ2) is 10.1. The van der Waals surface area contributed by atoms with Crippen LogP contribution in [0.4, 0.5) is 5.69 Å². The van der Waals surface area contributed by atoms with Crippen molar-refractivity contribution in [3.8, 4) is 16.9 Å². The number of nitrogens with zero attached hydrogens (tertiary/aromatic N) is 1. The van der Waals surface area contributed by atoms with Crippen LogP contribution in [-0.2, 0) is 21.2 Å². The topological polar surface area (TPSA) is 122 Å². The highest BCUT2D eigenvalue weighted by molar-refractivity contribution is 7.89. The van der Waals surface area contributed by atoms with Gasteiger partial charge in [-0.2, -0.15) is 0 Å². The number of benzene rings is 4. The predicted octanol–water partition coefficient (Wildman–Crippen LogP) is 5.07. The quantitative estimate of drug-likeness (QED) is 0.324. The van der Waals surface area contributed by atoms with E-state index in [1.165, 1.54) is 6.07 Å². The molecule has 0 saturated heterocycles. The first-order valence-electron chi connectivity index (χ1n) is 11.8. The molecule has 1 aliphatic rings. The van der Waals surface area contributed by atoms with Gasteiger partial charge in [0.15, 0.2) is 0 Å². The summed E-state index contributed by atoms with van der Waals surface area (Å²) in [6, 6.07) is 23.5. The molecule has 4 aromatic rings. The molecule has 0 spiro atoms. The van der Waals surface area contributed by atoms with Gasteiger partial charge in [-0.3, -0.25) is 9.79 Å². The van der Waals surface area contributed by atoms with Crippen molar-refractivity contribution in [2.45, 2.75) is 24.3 Å². The fourth-order valence-electron chi connectivity index (χ4n) is 4.69. The minimum atomic E-state index is -3.91. The van der Waals surface area contributed by atoms with E-state index in [0.717, 1.165) is 16.7 Å². The lowest BCUT2D eigenvalue weighted by Crippen LogP contribution is -2.27. The van der Waals surface area contributed by atoms with E-state index in [9.17, 15) is 18.3 Å². The molecule has 38 heavy (non-hydrogen) atoms. The molecule has 0 aromatic heterocycles. The van der Waals surface area contributed by atoms with E-state index in [2.05, 4.69) is 5.32 Å². The number of nitrogens with one attached hydrogen (secondary N) is 1. The Morgan fingerprint density at radius 1 is 0.947 bits per heavy atom. The number of phenols is 1. The molecule has 0 bridgehead atoms. The number of phenolic OH excluding ortho intramolecular Hbond substituents is 1. The van der Waals surface area contributed by atoms with Gasteiger partial charge >= 0.3 is 0 Å². The summed E-state index contributed by atoms with van der Waals surface area (Å²) in [5.41, 5.74) is 5.38. The van der Waals surface area contributed by atoms with Gasteiger partial charge in [-0.25, -0.2) is 13.6 Å². The van der Waals surface area contributed by atoms with Gasteiger partial charge in [-0.1, -0.05) is 48.0 Å². The average Bonchev–Trinajstić information content (AvgIpc) is 3.00. The summed E-state index contributed by atoms with van der Waals surface area (Å²) in [4.78, 5) is 18.4. The molecule has 1 unspecified atom stereocenters. The summed E-state index contributed by atoms with van der Waals surface area (Å²) < 4.78 is 24.3. The van der Waals surface area contributed by atoms with Crippen molar-refractivity contribution in [1.82, 2.24) is 0 Å². The molecule has 0 fully saturated rings. The SMILES string of the molecule is Cc1c(-c2ccccc2CC2N=C(c3ccc(O)cc3)c3cc(Cl)ccc3NC2=O)cccc1S(N)(=O)=O. The Kier molecular flexibility index (Phi) is 6.79. The Hall–Kier alpha value is -3.98. The highest BCUT2D eigenvalue weighted by Crippen LogP contribution is 2.33. The number of hydrogen-bond donors (Lipinski definition) is 3. The fraction of sp³-hybridized carbons (Fsp3) is 0.103. The number of anilines is 1. The molecule has 9 heteroatoms. The van der Waals surface area contributed by atoms with Crippen molar-refractivity contribution in [2.75, 3.05) is 5.32 Å². The van der Waals surface area contributed by atoms with Gasteiger partial charge in [0.1, 0.15) is 11.8 Å². The summed E-state index contributed by atoms with van der Waals surface area (Å²) in [5.74, 6) is -0.168. The molecule has 0 aliphatic carbocycles. The Morgan fingerprint density at radius 2 is 1.66 bits per heavy atom. The minimum Gasteiger partial charge on any atom is -0.508 e. The summed E-state index contributed by atoms with van der Waals surface area (Å²) in [7, 11) is -3.91. The van der Waals surface area contributed by atoms with E-state index in [1.807, 2.05) is 30.3 Å². The molecule has 0 radical (unpaired) electrons. The zero-order valence-corrected chi connectivity index (χ0v) is 21.9. The minimum absolute atomic E-state index is 0.0528. The second-order valence-electron chi connectivity index (χ2n) is 9.05. The second-order valence-corrected chi connectivity index (χ2v) is 11.0. The van der Waals surface area contributed by atoms with Gasteiger partial charge in [0.2, 0.25) is 15.9 Å². The van der Waals surface area contributed by atoms with Gasteiger partial charge in [0, 0.05) is 22.6 Å². The number of aromatic hydroxyl groups is 1. The van der Waals surface area contributed by atoms with Crippen molar-refractivity contribution >= 4 is 38.9 Å². The maximum Gasteiger partial charge on any atom is 0.249 e. The molecule has 1 aliphatic heterocycles. The van der Waals surface area contributed by atoms with Crippen molar-refractivity contribution in [3.63, 3.8) is 0 Å². The molecule has 192 valence electrons. The third-order valence-electron chi connectivity index (χ3n) is 6.53. The fourth-order valence-corrected chi connectivity index (χ4v) is 5.67. The van der Waals surface area contributed by atoms with Crippen LogP contribution in [0.5, 0.6) is 5.75 Å². The Balaban J connectivity index is 1.62. The van der Waals surface area contributed by atoms with Crippen LogP contribution in [0.25, 0.3) is 11.1 Å². The third kappa shape index (κ3) is 5.06. The van der Waals surface area contributed by atoms with Crippen LogP contribution in [0, 0.1) is 6.92 Å². The predicted molar refractivity (Wildman–Crippen MR) is 149 cm³/mol. The Morgan fingerprint density at radius 3 is 2.39 bits per heavy atom. The zero-order valence-electron chi connectivity index (χ0n) is 20.4. The van der Waals surface area contributed by atoms with Crippen molar-refractivity contribution < 1.29 is 18.3 Å². The number of rotatable bonds is 5. The van der Waals surface area contributed by atoms with Crippen LogP contribution in [0.2, 0.25) is 5.02 Å². The number of aliphatic imine (C=N–C) groups is 1. The maximum absolute atomic E-state index is 13.4. The van der Waals surface area contributed by atoms with Crippen LogP contribution in [-0.4, -0.2) is 31.2 Å². The summed E-state index contributed by atoms with van der Waals surface area (Å²) in [6.45, 7) is 1.71. The molecule has 4 N–H and O–H groups in total. The number of halogens is 1. The number of fused-ring (bicyclic) bond motifs is 1. The lowest BCUT2D eigenvalue weighted by Gasteiger charge is -2.17. The molecular weight excluding hydrogens is 522 g/mol. The first-order valence-corrected chi connectivity index (χ1v) is 13.7. The number of carbonyl (C=O) groups is 1. The number of nitrogens with two attached hydrogens (primary N) is 1. The van der Waals surface area contributed by atoms with E-state index in [-0.39, 0.29) is 23.0 Å². The molecule has 4 aromatic carbocycles. The lowest BCUT2D eigenvalue weighted by molar-refractivity contribution is -0.117. The largest absolute Gasteiger partial charge is 0.508 e. The number of carbonyl (C=O) groups excluding carboxylic acids is 1. The van der Waals surface area contributed by atoms with Gasteiger partial charge in [0.25, 0.3) is 0 Å². The first kappa shape index (κ1) is 25.7. The van der Waals surface area contributed by atoms with E-state index < -0.39 is 16.1 Å². The van der Waals surface area contributed by atoms with Crippen LogP contribution in [0.3, 0.4) is 0 Å². The zero-order chi connectivity index (χ0) is 27.0. The molecular formula is C29H24ClN3O4S. The monoisotopic (exact) mass is 545 g/mol. The molecule has 1 heterocycles. The van der Waals surface area contributed by atoms with E-state index in [4.69, 9.17) is 21.7 Å². The van der Waals surface area contributed by atoms with Crippen LogP contribution >= 0.6 is 11.6 Å². The molecule has 7 nitrogen and oxygen atoms in total. The maximum atomic E-state index is 13.4. The summed E-state index contributed by atoms with van der Waals surface area (Å²) in [5, 5.41) is 18.7. The number of hydrogen-bond acceptors (Lipinski definition) is 5. The normalized spacial score (nSPS) is 15.3. The first-order chi connectivity index (χ1) is 18.1. The van der Waals surface area contributed by atoms with Gasteiger partial charge in [0.05, 0.1) is 16.3 Å². The Bertz CT molecular complexity index is 1700. The smallest absolute Gasteiger partial charge is 0.249 e. The van der Waals surface area contributed by atoms with Gasteiger partial charge in [-0.15, -0.1) is 0 Å². The van der Waals surface area contributed by atoms with Crippen molar-refractivity contribution in [2.24, 2.45) is 10.1 Å². The van der Waals surface area contributed by atoms with Crippen LogP contribution < -0.4 is 10.5 Å². The highest BCUT2D eigenvalue weighted by Gasteiger charge is 2.27. The van der Waals surface area contributed by atoms with Gasteiger partial charge < -0.3 is 10.4 Å². The molecule has 1 amide bonds. The van der Waals surface area contributed by atoms with Crippen LogP contribution in [0.15, 0.2) is 94.8 Å². The van der Waals surface area contributed by atoms with E-state index in [1.54, 1.807) is 55.5 Å². The van der Waals surface area contributed by atoms with E-state index in [0.29, 0.717) is 33.1 Å². The third-order valence-corrected chi connectivity index (χ3v) is 7.82. The van der Waals surface area contributed by atoms with E-state index >= 15 is 0 Å². The number of primary sulfonamides is 1. The van der Waals surface area contributed by atoms with Crippen molar-refractivity contribution in [1.29, 1.82) is 0 Å². The Labute approximate surface area is 225 Å². The number of benzodiazepines with no additional fused rings is 1. The standard InChI is InChI=1S/C29H24ClN3O4S/c1-17-22(7-4-8-27(17)38(31,36)37)23-6-3-2-5-19(23)15-26-29(35)33-25-14-11-20(30)16-24(25)28(32-26)18-9-12-21(34)13-10-18/h2-14,16,26,34H,15H2,1H3,(H,33,35)(H2,31,36,37). The van der Waals surface area contributed by atoms with Crippen molar-refractivity contribution in [3.05, 3.63) is 112 Å². The molecule has 0 saturated carbocycles. The molecule has 5 rings (SSSR count). The average molecular weight is 546 g/mol. The van der Waals surface area contributed by atoms with Crippen LogP contribution in [0.1, 0.15) is 22.3 Å². The van der Waals surface area contributed by atoms with Gasteiger partial charge in [-0.05, 0) is 77.7 Å². The highest BCUT2D eigenvalue weighted by atomic mass is 35.5. The summed E-state index contributed by atoms with van der Waals surface area (Å²) in [6.07, 6.45) is 0.254. The number of sulfonamides is 1. The lowest BCUT2D eigenvalue weighted by atomic mass is 9.92. The molecule has 1 atom stereocenters. The number of amides is 1. The summed E-state index contributed by atoms with van der Waals surface area (Å²) >= 11 is 6.30.